The van der Waals surface area contributed by atoms with Crippen LogP contribution in [0.2, 0.25) is 0 Å². The summed E-state index contributed by atoms with van der Waals surface area (Å²) in [6.45, 7) is 7.75. The minimum absolute atomic E-state index is 0.0166. The van der Waals surface area contributed by atoms with Gasteiger partial charge in [-0.15, -0.1) is 0 Å². The van der Waals surface area contributed by atoms with Gasteiger partial charge >= 0.3 is 6.18 Å². The van der Waals surface area contributed by atoms with Gasteiger partial charge in [-0.25, -0.2) is 9.97 Å². The molecule has 0 saturated carbocycles. The van der Waals surface area contributed by atoms with Crippen molar-refractivity contribution in [3.05, 3.63) is 57.3 Å². The zero-order valence-corrected chi connectivity index (χ0v) is 21.4. The van der Waals surface area contributed by atoms with Crippen LogP contribution in [-0.2, 0) is 11.0 Å². The molecule has 1 aromatic heterocycles. The van der Waals surface area contributed by atoms with Gasteiger partial charge in [0.25, 0.3) is 0 Å². The van der Waals surface area contributed by atoms with E-state index in [2.05, 4.69) is 31.2 Å². The van der Waals surface area contributed by atoms with Gasteiger partial charge < -0.3 is 15.0 Å². The summed E-state index contributed by atoms with van der Waals surface area (Å²) in [6.07, 6.45) is -3.83. The van der Waals surface area contributed by atoms with Gasteiger partial charge in [0.1, 0.15) is 23.5 Å². The molecule has 4 rings (SSSR count). The number of carbonyl (C=O) groups excluding carboxylic acids is 1. The van der Waals surface area contributed by atoms with E-state index in [0.29, 0.717) is 46.9 Å². The zero-order chi connectivity index (χ0) is 25.5. The summed E-state index contributed by atoms with van der Waals surface area (Å²) in [5, 5.41) is 3.97. The number of carbonyl (C=O) groups is 1. The Labute approximate surface area is 210 Å². The first kappa shape index (κ1) is 25.2. The Balaban J connectivity index is 1.66. The number of halogens is 4. The number of ether oxygens (including phenoxy) is 1. The molecule has 2 aromatic carbocycles. The minimum atomic E-state index is -4.42. The van der Waals surface area contributed by atoms with Crippen molar-refractivity contribution in [1.29, 1.82) is 0 Å². The average molecular weight is 551 g/mol. The van der Waals surface area contributed by atoms with Crippen molar-refractivity contribution in [3.8, 4) is 5.75 Å². The normalized spacial score (nSPS) is 17.0. The van der Waals surface area contributed by atoms with Gasteiger partial charge in [-0.3, -0.25) is 4.79 Å². The number of benzene rings is 2. The molecule has 1 amide bonds. The third-order valence-corrected chi connectivity index (χ3v) is 6.87. The maximum absolute atomic E-state index is 13.4. The molecule has 6 nitrogen and oxygen atoms in total. The molecular weight excluding hydrogens is 525 g/mol. The van der Waals surface area contributed by atoms with Crippen molar-refractivity contribution in [2.24, 2.45) is 0 Å². The lowest BCUT2D eigenvalue weighted by Crippen LogP contribution is -2.28. The van der Waals surface area contributed by atoms with Crippen LogP contribution in [0.1, 0.15) is 48.8 Å². The first-order chi connectivity index (χ1) is 16.4. The Bertz CT molecular complexity index is 1280. The highest BCUT2D eigenvalue weighted by Gasteiger charge is 2.33. The van der Waals surface area contributed by atoms with E-state index in [-0.39, 0.29) is 17.6 Å². The Morgan fingerprint density at radius 3 is 2.66 bits per heavy atom. The Morgan fingerprint density at radius 2 is 2.00 bits per heavy atom. The largest absolute Gasteiger partial charge is 0.487 e. The number of nitrogens with zero attached hydrogens (tertiary/aromatic N) is 3. The quantitative estimate of drug-likeness (QED) is 0.409. The van der Waals surface area contributed by atoms with Gasteiger partial charge in [0.05, 0.1) is 28.1 Å². The first-order valence-electron chi connectivity index (χ1n) is 11.3. The van der Waals surface area contributed by atoms with Crippen LogP contribution in [0, 0.1) is 13.8 Å². The molecule has 0 radical (unpaired) electrons. The number of aryl methyl sites for hydroxylation is 1. The maximum atomic E-state index is 13.4. The molecule has 2 heterocycles. The lowest BCUT2D eigenvalue weighted by atomic mass is 9.97. The molecule has 0 bridgehead atoms. The number of aromatic nitrogens is 2. The van der Waals surface area contributed by atoms with Gasteiger partial charge in [-0.2, -0.15) is 13.2 Å². The van der Waals surface area contributed by atoms with Crippen LogP contribution in [0.5, 0.6) is 5.75 Å². The second kappa shape index (κ2) is 9.64. The Hall–Kier alpha value is -2.88. The summed E-state index contributed by atoms with van der Waals surface area (Å²) < 4.78 is 47.2. The van der Waals surface area contributed by atoms with Crippen LogP contribution >= 0.6 is 15.9 Å². The number of anilines is 1. The molecule has 35 heavy (non-hydrogen) atoms. The van der Waals surface area contributed by atoms with Gasteiger partial charge in [-0.05, 0) is 66.0 Å². The first-order valence-corrected chi connectivity index (χ1v) is 12.1. The van der Waals surface area contributed by atoms with Crippen molar-refractivity contribution in [2.45, 2.75) is 52.4 Å². The predicted octanol–water partition coefficient (Wildman–Crippen LogP) is 6.20. The van der Waals surface area contributed by atoms with Gasteiger partial charge in [-0.1, -0.05) is 12.1 Å². The molecule has 3 aromatic rings. The number of hydrogen-bond acceptors (Lipinski definition) is 5. The Morgan fingerprint density at radius 1 is 1.26 bits per heavy atom. The van der Waals surface area contributed by atoms with Gasteiger partial charge in [0.15, 0.2) is 0 Å². The summed E-state index contributed by atoms with van der Waals surface area (Å²) in [6, 6.07) is 7.41. The van der Waals surface area contributed by atoms with Crippen LogP contribution < -0.4 is 10.1 Å². The second-order valence-corrected chi connectivity index (χ2v) is 9.65. The zero-order valence-electron chi connectivity index (χ0n) is 19.8. The monoisotopic (exact) mass is 550 g/mol. The van der Waals surface area contributed by atoms with E-state index in [9.17, 15) is 18.0 Å². The summed E-state index contributed by atoms with van der Waals surface area (Å²) in [4.78, 5) is 22.5. The molecule has 1 saturated heterocycles. The molecule has 1 N–H and O–H groups in total. The van der Waals surface area contributed by atoms with E-state index >= 15 is 0 Å². The molecule has 0 unspecified atom stereocenters. The highest BCUT2D eigenvalue weighted by atomic mass is 79.9. The van der Waals surface area contributed by atoms with Crippen molar-refractivity contribution in [3.63, 3.8) is 0 Å². The van der Waals surface area contributed by atoms with Crippen LogP contribution in [0.15, 0.2) is 34.8 Å². The van der Waals surface area contributed by atoms with Gasteiger partial charge in [0, 0.05) is 25.3 Å². The SMILES string of the molecule is CC(=O)N1CC[C@H](Oc2cc3c(N[C@H](C)c4cccc(C(F)(F)F)c4C)nc(C)nc3cc2Br)C1. The fraction of sp³-hybridized carbons (Fsp3) is 0.400. The number of amides is 1. The summed E-state index contributed by atoms with van der Waals surface area (Å²) >= 11 is 3.55. The predicted molar refractivity (Wildman–Crippen MR) is 131 cm³/mol. The average Bonchev–Trinajstić information content (AvgIpc) is 3.23. The summed E-state index contributed by atoms with van der Waals surface area (Å²) in [5.74, 6) is 1.64. The van der Waals surface area contributed by atoms with E-state index in [0.717, 1.165) is 17.0 Å². The fourth-order valence-corrected chi connectivity index (χ4v) is 4.87. The number of nitrogens with one attached hydrogen (secondary N) is 1. The van der Waals surface area contributed by atoms with E-state index in [1.165, 1.54) is 13.0 Å². The van der Waals surface area contributed by atoms with E-state index < -0.39 is 17.8 Å². The third-order valence-electron chi connectivity index (χ3n) is 6.25. The number of rotatable bonds is 5. The topological polar surface area (TPSA) is 67.3 Å². The summed E-state index contributed by atoms with van der Waals surface area (Å²) in [7, 11) is 0. The van der Waals surface area contributed by atoms with E-state index in [1.807, 2.05) is 12.1 Å². The Kier molecular flexibility index (Phi) is 6.95. The molecule has 10 heteroatoms. The molecule has 1 aliphatic rings. The number of hydrogen-bond donors (Lipinski definition) is 1. The lowest BCUT2D eigenvalue weighted by molar-refractivity contribution is -0.138. The fourth-order valence-electron chi connectivity index (χ4n) is 4.45. The smallest absolute Gasteiger partial charge is 0.416 e. The molecule has 186 valence electrons. The molecule has 0 aliphatic carbocycles. The minimum Gasteiger partial charge on any atom is -0.487 e. The van der Waals surface area contributed by atoms with E-state index in [4.69, 9.17) is 4.74 Å². The molecular formula is C25H26BrF3N4O2. The number of fused-ring (bicyclic) bond motifs is 1. The molecule has 2 atom stereocenters. The lowest BCUT2D eigenvalue weighted by Gasteiger charge is -2.22. The standard InChI is InChI=1S/C25H26BrF3N4O2/c1-13-18(6-5-7-20(13)25(27,28)29)14(2)30-24-19-10-23(21(26)11-22(19)31-15(3)32-24)35-17-8-9-33(12-17)16(4)34/h5-7,10-11,14,17H,8-9,12H2,1-4H3,(H,30,31,32)/t14-,17+/m1/s1. The highest BCUT2D eigenvalue weighted by Crippen LogP contribution is 2.37. The second-order valence-electron chi connectivity index (χ2n) is 8.80. The van der Waals surface area contributed by atoms with Crippen molar-refractivity contribution < 1.29 is 22.7 Å². The molecule has 0 spiro atoms. The van der Waals surface area contributed by atoms with E-state index in [1.54, 1.807) is 31.7 Å². The number of alkyl halides is 3. The summed E-state index contributed by atoms with van der Waals surface area (Å²) in [5.41, 5.74) is 0.735. The van der Waals surface area contributed by atoms with Crippen molar-refractivity contribution in [1.82, 2.24) is 14.9 Å². The van der Waals surface area contributed by atoms with Gasteiger partial charge in [0.2, 0.25) is 5.91 Å². The van der Waals surface area contributed by atoms with Crippen LogP contribution in [0.4, 0.5) is 19.0 Å². The van der Waals surface area contributed by atoms with Crippen LogP contribution in [-0.4, -0.2) is 40.0 Å². The molecule has 1 aliphatic heterocycles. The highest BCUT2D eigenvalue weighted by molar-refractivity contribution is 9.10. The third kappa shape index (κ3) is 5.37. The maximum Gasteiger partial charge on any atom is 0.416 e. The van der Waals surface area contributed by atoms with Crippen molar-refractivity contribution >= 4 is 38.6 Å². The van der Waals surface area contributed by atoms with Crippen LogP contribution in [0.25, 0.3) is 10.9 Å². The molecule has 1 fully saturated rings. The van der Waals surface area contributed by atoms with Crippen LogP contribution in [0.3, 0.4) is 0 Å². The number of likely N-dealkylation sites (tertiary alicyclic amines) is 1. The van der Waals surface area contributed by atoms with Crippen molar-refractivity contribution in [2.75, 3.05) is 18.4 Å².